The van der Waals surface area contributed by atoms with E-state index in [0.717, 1.165) is 33.5 Å². The molecule has 9 heteroatoms. The number of hydrogen-bond donors (Lipinski definition) is 3. The highest BCUT2D eigenvalue weighted by Gasteiger charge is 2.16. The smallest absolute Gasteiger partial charge is 0.223 e. The predicted molar refractivity (Wildman–Crippen MR) is 105 cm³/mol. The molecule has 0 fully saturated rings. The Bertz CT molecular complexity index is 1100. The van der Waals surface area contributed by atoms with Crippen molar-refractivity contribution in [1.82, 2.24) is 29.7 Å². The lowest BCUT2D eigenvalue weighted by atomic mass is 10.1. The largest absolute Gasteiger partial charge is 0.392 e. The van der Waals surface area contributed by atoms with E-state index < -0.39 is 6.10 Å². The number of aromatic amines is 1. The maximum Gasteiger partial charge on any atom is 0.223 e. The van der Waals surface area contributed by atoms with Crippen LogP contribution in [0.2, 0.25) is 5.02 Å². The lowest BCUT2D eigenvalue weighted by Crippen LogP contribution is -2.16. The van der Waals surface area contributed by atoms with Gasteiger partial charge in [-0.3, -0.25) is 4.68 Å². The molecule has 0 unspecified atom stereocenters. The molecule has 0 saturated heterocycles. The number of nitrogens with zero attached hydrogens (tertiary/aromatic N) is 5. The highest BCUT2D eigenvalue weighted by molar-refractivity contribution is 6.35. The first-order valence-electron chi connectivity index (χ1n) is 8.43. The summed E-state index contributed by atoms with van der Waals surface area (Å²) in [5.41, 5.74) is 3.91. The fraction of sp³-hybridized carbons (Fsp3) is 0.222. The molecule has 4 rings (SSSR count). The van der Waals surface area contributed by atoms with E-state index in [1.54, 1.807) is 30.2 Å². The number of halogens is 1. The lowest BCUT2D eigenvalue weighted by molar-refractivity contribution is 0.208. The van der Waals surface area contributed by atoms with Crippen LogP contribution in [0.15, 0.2) is 36.9 Å². The van der Waals surface area contributed by atoms with Crippen LogP contribution >= 0.6 is 11.6 Å². The van der Waals surface area contributed by atoms with Crippen LogP contribution in [0.4, 0.5) is 5.95 Å². The number of fused-ring (bicyclic) bond motifs is 1. The highest BCUT2D eigenvalue weighted by atomic mass is 35.5. The molecule has 27 heavy (non-hydrogen) atoms. The Hall–Kier alpha value is -2.97. The van der Waals surface area contributed by atoms with Gasteiger partial charge in [0, 0.05) is 54.9 Å². The summed E-state index contributed by atoms with van der Waals surface area (Å²) in [5.74, 6) is 0.449. The summed E-state index contributed by atoms with van der Waals surface area (Å²) in [5, 5.41) is 18.5. The molecule has 0 spiro atoms. The summed E-state index contributed by atoms with van der Waals surface area (Å²) < 4.78 is 1.73. The number of nitrogens with one attached hydrogen (secondary N) is 2. The third kappa shape index (κ3) is 3.49. The van der Waals surface area contributed by atoms with E-state index in [0.29, 0.717) is 17.5 Å². The van der Waals surface area contributed by atoms with Gasteiger partial charge in [-0.25, -0.2) is 15.0 Å². The summed E-state index contributed by atoms with van der Waals surface area (Å²) in [4.78, 5) is 16.2. The Morgan fingerprint density at radius 2 is 2.22 bits per heavy atom. The van der Waals surface area contributed by atoms with E-state index in [9.17, 15) is 5.11 Å². The van der Waals surface area contributed by atoms with E-state index in [4.69, 9.17) is 11.6 Å². The van der Waals surface area contributed by atoms with Crippen molar-refractivity contribution in [2.45, 2.75) is 13.0 Å². The molecule has 0 bridgehead atoms. The zero-order valence-electron chi connectivity index (χ0n) is 14.8. The van der Waals surface area contributed by atoms with E-state index >= 15 is 0 Å². The van der Waals surface area contributed by atoms with Crippen molar-refractivity contribution < 1.29 is 5.11 Å². The third-order valence-corrected chi connectivity index (χ3v) is 4.38. The summed E-state index contributed by atoms with van der Waals surface area (Å²) >= 11 is 6.23. The van der Waals surface area contributed by atoms with Gasteiger partial charge in [-0.05, 0) is 19.1 Å². The number of aliphatic hydroxyl groups excluding tert-OH is 1. The van der Waals surface area contributed by atoms with Gasteiger partial charge in [0.05, 0.1) is 16.8 Å². The number of hydrogen-bond acceptors (Lipinski definition) is 6. The Labute approximate surface area is 160 Å². The molecule has 0 saturated carbocycles. The van der Waals surface area contributed by atoms with Gasteiger partial charge in [0.15, 0.2) is 0 Å². The first-order valence-corrected chi connectivity index (χ1v) is 8.81. The fourth-order valence-electron chi connectivity index (χ4n) is 2.82. The predicted octanol–water partition coefficient (Wildman–Crippen LogP) is 2.87. The van der Waals surface area contributed by atoms with E-state index in [1.165, 1.54) is 0 Å². The molecule has 0 amide bonds. The van der Waals surface area contributed by atoms with Crippen LogP contribution in [0.3, 0.4) is 0 Å². The van der Waals surface area contributed by atoms with Gasteiger partial charge in [-0.1, -0.05) is 11.6 Å². The Morgan fingerprint density at radius 1 is 1.37 bits per heavy atom. The van der Waals surface area contributed by atoms with Crippen LogP contribution in [0.25, 0.3) is 33.5 Å². The van der Waals surface area contributed by atoms with Gasteiger partial charge in [0.1, 0.15) is 11.3 Å². The van der Waals surface area contributed by atoms with E-state index in [1.807, 2.05) is 25.4 Å². The van der Waals surface area contributed by atoms with Crippen molar-refractivity contribution in [3.63, 3.8) is 0 Å². The zero-order chi connectivity index (χ0) is 19.0. The number of H-pyrrole nitrogens is 1. The molecule has 8 nitrogen and oxygen atoms in total. The molecule has 1 atom stereocenters. The lowest BCUT2D eigenvalue weighted by Gasteiger charge is -2.08. The SMILES string of the molecule is C[C@H](O)CNc1nccc(-c2cn(C)nc2-c2cnc3[nH]cc(Cl)c3c2)n1. The van der Waals surface area contributed by atoms with Gasteiger partial charge in [-0.15, -0.1) is 0 Å². The molecule has 138 valence electrons. The van der Waals surface area contributed by atoms with Crippen LogP contribution in [0.1, 0.15) is 6.92 Å². The summed E-state index contributed by atoms with van der Waals surface area (Å²) in [7, 11) is 1.86. The quantitative estimate of drug-likeness (QED) is 0.489. The summed E-state index contributed by atoms with van der Waals surface area (Å²) in [6.07, 6.45) is 6.56. The fourth-order valence-corrected chi connectivity index (χ4v) is 3.02. The topological polar surface area (TPSA) is 105 Å². The second kappa shape index (κ2) is 6.98. The summed E-state index contributed by atoms with van der Waals surface area (Å²) in [6.45, 7) is 2.07. The first kappa shape index (κ1) is 17.4. The monoisotopic (exact) mass is 383 g/mol. The molecule has 0 radical (unpaired) electrons. The zero-order valence-corrected chi connectivity index (χ0v) is 15.6. The average Bonchev–Trinajstić information content (AvgIpc) is 3.23. The molecular formula is C18H18ClN7O. The van der Waals surface area contributed by atoms with Crippen LogP contribution in [-0.4, -0.2) is 47.5 Å². The van der Waals surface area contributed by atoms with Crippen molar-refractivity contribution in [3.8, 4) is 22.5 Å². The molecule has 3 N–H and O–H groups in total. The molecule has 0 aromatic carbocycles. The number of aromatic nitrogens is 6. The van der Waals surface area contributed by atoms with Crippen LogP contribution in [0, 0.1) is 0 Å². The molecule has 4 aromatic heterocycles. The maximum absolute atomic E-state index is 9.44. The first-order chi connectivity index (χ1) is 13.0. The minimum absolute atomic E-state index is 0.371. The van der Waals surface area contributed by atoms with Gasteiger partial charge in [0.25, 0.3) is 0 Å². The Kier molecular flexibility index (Phi) is 4.51. The standard InChI is InChI=1S/C18H18ClN7O/c1-10(27)6-23-18-20-4-3-15(24-18)13-9-26(2)25-16(13)11-5-12-14(19)8-22-17(12)21-7-11/h3-5,7-10,27H,6H2,1-2H3,(H,21,22)(H,20,23,24)/t10-/m0/s1. The number of pyridine rings is 1. The molecule has 0 aliphatic heterocycles. The number of aliphatic hydroxyl groups is 1. The Balaban J connectivity index is 1.76. The van der Waals surface area contributed by atoms with E-state index in [2.05, 4.69) is 30.4 Å². The molecule has 0 aliphatic carbocycles. The van der Waals surface area contributed by atoms with Crippen LogP contribution in [0.5, 0.6) is 0 Å². The van der Waals surface area contributed by atoms with Crippen molar-refractivity contribution >= 4 is 28.6 Å². The van der Waals surface area contributed by atoms with Gasteiger partial charge in [-0.2, -0.15) is 5.10 Å². The number of rotatable bonds is 5. The minimum atomic E-state index is -0.491. The van der Waals surface area contributed by atoms with Crippen molar-refractivity contribution in [3.05, 3.63) is 41.9 Å². The Morgan fingerprint density at radius 3 is 3.04 bits per heavy atom. The van der Waals surface area contributed by atoms with Crippen LogP contribution in [-0.2, 0) is 7.05 Å². The van der Waals surface area contributed by atoms with Crippen LogP contribution < -0.4 is 5.32 Å². The highest BCUT2D eigenvalue weighted by Crippen LogP contribution is 2.32. The third-order valence-electron chi connectivity index (χ3n) is 4.07. The normalized spacial score (nSPS) is 12.4. The molecule has 0 aliphatic rings. The second-order valence-corrected chi connectivity index (χ2v) is 6.72. The minimum Gasteiger partial charge on any atom is -0.392 e. The van der Waals surface area contributed by atoms with E-state index in [-0.39, 0.29) is 0 Å². The van der Waals surface area contributed by atoms with Crippen molar-refractivity contribution in [2.75, 3.05) is 11.9 Å². The van der Waals surface area contributed by atoms with Crippen molar-refractivity contribution in [2.24, 2.45) is 7.05 Å². The number of anilines is 1. The van der Waals surface area contributed by atoms with Gasteiger partial charge in [0.2, 0.25) is 5.95 Å². The van der Waals surface area contributed by atoms with Gasteiger partial charge >= 0.3 is 0 Å². The van der Waals surface area contributed by atoms with Crippen molar-refractivity contribution in [1.29, 1.82) is 0 Å². The molecule has 4 aromatic rings. The average molecular weight is 384 g/mol. The van der Waals surface area contributed by atoms with Gasteiger partial charge < -0.3 is 15.4 Å². The number of aryl methyl sites for hydroxylation is 1. The molecular weight excluding hydrogens is 366 g/mol. The second-order valence-electron chi connectivity index (χ2n) is 6.32. The molecule has 4 heterocycles. The summed E-state index contributed by atoms with van der Waals surface area (Å²) in [6, 6.07) is 3.78. The maximum atomic E-state index is 9.44.